The van der Waals surface area contributed by atoms with Crippen LogP contribution in [0, 0.1) is 5.41 Å². The summed E-state index contributed by atoms with van der Waals surface area (Å²) < 4.78 is 6.07. The Kier molecular flexibility index (Phi) is 3.85. The van der Waals surface area contributed by atoms with Gasteiger partial charge in [-0.05, 0) is 12.1 Å². The van der Waals surface area contributed by atoms with Crippen molar-refractivity contribution in [3.8, 4) is 11.4 Å². The SMILES string of the molecule is CC(C)(C)C(=O)Cc1nc(-c2cccc(Br)c2)no1. The van der Waals surface area contributed by atoms with Gasteiger partial charge in [-0.25, -0.2) is 0 Å². The zero-order valence-corrected chi connectivity index (χ0v) is 12.7. The normalized spacial score (nSPS) is 11.6. The minimum atomic E-state index is -0.398. The van der Waals surface area contributed by atoms with Gasteiger partial charge in [-0.2, -0.15) is 4.98 Å². The van der Waals surface area contributed by atoms with Crippen molar-refractivity contribution in [3.05, 3.63) is 34.6 Å². The van der Waals surface area contributed by atoms with Gasteiger partial charge in [0.25, 0.3) is 0 Å². The van der Waals surface area contributed by atoms with E-state index in [4.69, 9.17) is 4.52 Å². The lowest BCUT2D eigenvalue weighted by atomic mass is 9.89. The summed E-state index contributed by atoms with van der Waals surface area (Å²) in [6.45, 7) is 5.63. The Labute approximate surface area is 120 Å². The molecule has 0 aliphatic carbocycles. The van der Waals surface area contributed by atoms with E-state index in [2.05, 4.69) is 26.1 Å². The Bertz CT molecular complexity index is 599. The molecule has 2 rings (SSSR count). The molecular formula is C14H15BrN2O2. The Balaban J connectivity index is 2.18. The number of rotatable bonds is 3. The monoisotopic (exact) mass is 322 g/mol. The van der Waals surface area contributed by atoms with E-state index in [0.717, 1.165) is 10.0 Å². The highest BCUT2D eigenvalue weighted by Gasteiger charge is 2.23. The average molecular weight is 323 g/mol. The molecule has 0 unspecified atom stereocenters. The van der Waals surface area contributed by atoms with Crippen molar-refractivity contribution in [2.75, 3.05) is 0 Å². The van der Waals surface area contributed by atoms with Gasteiger partial charge in [0, 0.05) is 15.5 Å². The van der Waals surface area contributed by atoms with E-state index in [1.165, 1.54) is 0 Å². The van der Waals surface area contributed by atoms with Gasteiger partial charge in [-0.3, -0.25) is 4.79 Å². The first-order chi connectivity index (χ1) is 8.86. The zero-order valence-electron chi connectivity index (χ0n) is 11.1. The number of aromatic nitrogens is 2. The molecule has 0 fully saturated rings. The van der Waals surface area contributed by atoms with Crippen LogP contribution >= 0.6 is 15.9 Å². The molecule has 0 saturated heterocycles. The third kappa shape index (κ3) is 3.50. The molecule has 0 bridgehead atoms. The van der Waals surface area contributed by atoms with Gasteiger partial charge in [0.2, 0.25) is 11.7 Å². The Hall–Kier alpha value is -1.49. The Morgan fingerprint density at radius 1 is 1.37 bits per heavy atom. The Morgan fingerprint density at radius 2 is 2.11 bits per heavy atom. The summed E-state index contributed by atoms with van der Waals surface area (Å²) >= 11 is 3.39. The number of hydrogen-bond acceptors (Lipinski definition) is 4. The number of halogens is 1. The molecule has 5 heteroatoms. The topological polar surface area (TPSA) is 56.0 Å². The second-order valence-corrected chi connectivity index (χ2v) is 6.29. The van der Waals surface area contributed by atoms with Crippen LogP contribution in [0.5, 0.6) is 0 Å². The molecule has 0 spiro atoms. The molecule has 0 N–H and O–H groups in total. The highest BCUT2D eigenvalue weighted by molar-refractivity contribution is 9.10. The number of Topliss-reactive ketones (excluding diaryl/α,β-unsaturated/α-hetero) is 1. The van der Waals surface area contributed by atoms with Crippen molar-refractivity contribution in [3.63, 3.8) is 0 Å². The maximum atomic E-state index is 11.9. The first kappa shape index (κ1) is 13.9. The second kappa shape index (κ2) is 5.25. The standard InChI is InChI=1S/C14H15BrN2O2/c1-14(2,3)11(18)8-12-16-13(17-19-12)9-5-4-6-10(15)7-9/h4-7H,8H2,1-3H3. The van der Waals surface area contributed by atoms with Crippen LogP contribution in [0.2, 0.25) is 0 Å². The number of hydrogen-bond donors (Lipinski definition) is 0. The van der Waals surface area contributed by atoms with Crippen molar-refractivity contribution < 1.29 is 9.32 Å². The van der Waals surface area contributed by atoms with E-state index in [1.807, 2.05) is 45.0 Å². The molecule has 0 radical (unpaired) electrons. The lowest BCUT2D eigenvalue weighted by Crippen LogP contribution is -2.22. The summed E-state index contributed by atoms with van der Waals surface area (Å²) in [4.78, 5) is 16.2. The predicted molar refractivity (Wildman–Crippen MR) is 75.6 cm³/mol. The van der Waals surface area contributed by atoms with Gasteiger partial charge >= 0.3 is 0 Å². The van der Waals surface area contributed by atoms with Crippen LogP contribution < -0.4 is 0 Å². The first-order valence-corrected chi connectivity index (χ1v) is 6.77. The number of nitrogens with zero attached hydrogens (tertiary/aromatic N) is 2. The van der Waals surface area contributed by atoms with Crippen LogP contribution in [0.25, 0.3) is 11.4 Å². The molecule has 19 heavy (non-hydrogen) atoms. The summed E-state index contributed by atoms with van der Waals surface area (Å²) in [6.07, 6.45) is 0.171. The molecule has 1 aromatic heterocycles. The molecule has 0 saturated carbocycles. The Morgan fingerprint density at radius 3 is 2.74 bits per heavy atom. The van der Waals surface area contributed by atoms with Gasteiger partial charge in [-0.15, -0.1) is 0 Å². The van der Waals surface area contributed by atoms with Crippen LogP contribution in [0.1, 0.15) is 26.7 Å². The molecule has 0 amide bonds. The van der Waals surface area contributed by atoms with E-state index in [9.17, 15) is 4.79 Å². The third-order valence-electron chi connectivity index (χ3n) is 2.70. The molecule has 1 heterocycles. The minimum Gasteiger partial charge on any atom is -0.339 e. The largest absolute Gasteiger partial charge is 0.339 e. The lowest BCUT2D eigenvalue weighted by Gasteiger charge is -2.14. The van der Waals surface area contributed by atoms with E-state index < -0.39 is 5.41 Å². The molecule has 0 atom stereocenters. The van der Waals surface area contributed by atoms with Gasteiger partial charge in [0.1, 0.15) is 5.78 Å². The zero-order chi connectivity index (χ0) is 14.0. The van der Waals surface area contributed by atoms with Gasteiger partial charge in [-0.1, -0.05) is 54.0 Å². The molecule has 100 valence electrons. The maximum absolute atomic E-state index is 11.9. The van der Waals surface area contributed by atoms with E-state index >= 15 is 0 Å². The van der Waals surface area contributed by atoms with Crippen LogP contribution in [-0.2, 0) is 11.2 Å². The van der Waals surface area contributed by atoms with Crippen molar-refractivity contribution in [1.29, 1.82) is 0 Å². The molecule has 4 nitrogen and oxygen atoms in total. The molecular weight excluding hydrogens is 308 g/mol. The number of carbonyl (C=O) groups is 1. The first-order valence-electron chi connectivity index (χ1n) is 5.98. The predicted octanol–water partition coefficient (Wildman–Crippen LogP) is 3.66. The summed E-state index contributed by atoms with van der Waals surface area (Å²) in [5.74, 6) is 0.935. The summed E-state index contributed by atoms with van der Waals surface area (Å²) in [5.41, 5.74) is 0.456. The average Bonchev–Trinajstić information content (AvgIpc) is 2.76. The van der Waals surface area contributed by atoms with Gasteiger partial charge in [0.05, 0.1) is 6.42 Å². The number of carbonyl (C=O) groups excluding carboxylic acids is 1. The van der Waals surface area contributed by atoms with Crippen LogP contribution in [0.4, 0.5) is 0 Å². The summed E-state index contributed by atoms with van der Waals surface area (Å²) in [7, 11) is 0. The van der Waals surface area contributed by atoms with Crippen molar-refractivity contribution >= 4 is 21.7 Å². The second-order valence-electron chi connectivity index (χ2n) is 5.37. The fraction of sp³-hybridized carbons (Fsp3) is 0.357. The smallest absolute Gasteiger partial charge is 0.234 e. The highest BCUT2D eigenvalue weighted by Crippen LogP contribution is 2.22. The van der Waals surface area contributed by atoms with E-state index in [0.29, 0.717) is 11.7 Å². The number of ketones is 1. The lowest BCUT2D eigenvalue weighted by molar-refractivity contribution is -0.125. The summed E-state index contributed by atoms with van der Waals surface area (Å²) in [5, 5.41) is 3.90. The fourth-order valence-electron chi connectivity index (χ4n) is 1.47. The van der Waals surface area contributed by atoms with Crippen molar-refractivity contribution in [1.82, 2.24) is 10.1 Å². The van der Waals surface area contributed by atoms with Gasteiger partial charge < -0.3 is 4.52 Å². The van der Waals surface area contributed by atoms with Crippen molar-refractivity contribution in [2.45, 2.75) is 27.2 Å². The fourth-order valence-corrected chi connectivity index (χ4v) is 1.87. The minimum absolute atomic E-state index is 0.0805. The van der Waals surface area contributed by atoms with E-state index in [1.54, 1.807) is 0 Å². The molecule has 0 aliphatic heterocycles. The van der Waals surface area contributed by atoms with Crippen LogP contribution in [0.15, 0.2) is 33.3 Å². The summed E-state index contributed by atoms with van der Waals surface area (Å²) in [6, 6.07) is 7.62. The van der Waals surface area contributed by atoms with E-state index in [-0.39, 0.29) is 12.2 Å². The maximum Gasteiger partial charge on any atom is 0.234 e. The highest BCUT2D eigenvalue weighted by atomic mass is 79.9. The van der Waals surface area contributed by atoms with Crippen molar-refractivity contribution in [2.24, 2.45) is 5.41 Å². The van der Waals surface area contributed by atoms with Crippen LogP contribution in [0.3, 0.4) is 0 Å². The molecule has 1 aromatic carbocycles. The van der Waals surface area contributed by atoms with Gasteiger partial charge in [0.15, 0.2) is 0 Å². The van der Waals surface area contributed by atoms with Crippen LogP contribution in [-0.4, -0.2) is 15.9 Å². The quantitative estimate of drug-likeness (QED) is 0.865. The third-order valence-corrected chi connectivity index (χ3v) is 3.19. The number of benzene rings is 1. The molecule has 0 aliphatic rings. The molecule has 2 aromatic rings.